The van der Waals surface area contributed by atoms with Crippen molar-refractivity contribution in [3.05, 3.63) is 75.9 Å². The van der Waals surface area contributed by atoms with Crippen molar-refractivity contribution in [1.82, 2.24) is 4.90 Å². The Hall–Kier alpha value is -2.99. The predicted molar refractivity (Wildman–Crippen MR) is 111 cm³/mol. The zero-order valence-corrected chi connectivity index (χ0v) is 17.0. The van der Waals surface area contributed by atoms with Gasteiger partial charge in [0.05, 0.1) is 20.8 Å². The zero-order valence-electron chi connectivity index (χ0n) is 16.2. The number of thiophene rings is 1. The summed E-state index contributed by atoms with van der Waals surface area (Å²) >= 11 is 1.63. The minimum absolute atomic E-state index is 0.0859. The predicted octanol–water partition coefficient (Wildman–Crippen LogP) is 4.91. The maximum Gasteiger partial charge on any atom is 0.247 e. The Morgan fingerprint density at radius 1 is 1.11 bits per heavy atom. The largest absolute Gasteiger partial charge is 0.493 e. The number of nitrogens with zero attached hydrogens (tertiary/aromatic N) is 1. The molecule has 0 fully saturated rings. The van der Waals surface area contributed by atoms with Gasteiger partial charge >= 0.3 is 0 Å². The maximum absolute atomic E-state index is 12.9. The van der Waals surface area contributed by atoms with E-state index in [2.05, 4.69) is 0 Å². The van der Waals surface area contributed by atoms with Crippen LogP contribution in [0.3, 0.4) is 0 Å². The van der Waals surface area contributed by atoms with Gasteiger partial charge in [0.25, 0.3) is 0 Å². The molecular formula is C22H23NO4S. The second-order valence-electron chi connectivity index (χ2n) is 6.24. The van der Waals surface area contributed by atoms with Crippen LogP contribution in [0.2, 0.25) is 0 Å². The van der Waals surface area contributed by atoms with Gasteiger partial charge in [-0.3, -0.25) is 4.79 Å². The number of methoxy groups -OCH3 is 2. The molecule has 2 heterocycles. The van der Waals surface area contributed by atoms with E-state index in [1.807, 2.05) is 54.8 Å². The number of aryl methyl sites for hydroxylation is 1. The number of carbonyl (C=O) groups is 1. The van der Waals surface area contributed by atoms with Gasteiger partial charge in [-0.25, -0.2) is 0 Å². The first kappa shape index (κ1) is 19.8. The smallest absolute Gasteiger partial charge is 0.247 e. The molecule has 1 aromatic carbocycles. The summed E-state index contributed by atoms with van der Waals surface area (Å²) in [6.07, 6.45) is 3.25. The molecule has 0 bridgehead atoms. The Labute approximate surface area is 168 Å². The van der Waals surface area contributed by atoms with E-state index in [-0.39, 0.29) is 5.91 Å². The first-order chi connectivity index (χ1) is 13.6. The monoisotopic (exact) mass is 397 g/mol. The van der Waals surface area contributed by atoms with Gasteiger partial charge in [-0.2, -0.15) is 0 Å². The maximum atomic E-state index is 12.9. The van der Waals surface area contributed by atoms with Crippen LogP contribution in [-0.2, 0) is 17.9 Å². The van der Waals surface area contributed by atoms with Crippen molar-refractivity contribution < 1.29 is 18.7 Å². The lowest BCUT2D eigenvalue weighted by Gasteiger charge is -2.21. The van der Waals surface area contributed by atoms with Crippen molar-refractivity contribution in [2.45, 2.75) is 20.0 Å². The van der Waals surface area contributed by atoms with Crippen molar-refractivity contribution in [2.24, 2.45) is 0 Å². The van der Waals surface area contributed by atoms with Gasteiger partial charge in [0, 0.05) is 17.5 Å². The van der Waals surface area contributed by atoms with Crippen LogP contribution < -0.4 is 9.47 Å². The minimum Gasteiger partial charge on any atom is -0.493 e. The van der Waals surface area contributed by atoms with Crippen LogP contribution in [0.25, 0.3) is 6.08 Å². The summed E-state index contributed by atoms with van der Waals surface area (Å²) in [6.45, 7) is 2.87. The van der Waals surface area contributed by atoms with Crippen molar-refractivity contribution in [1.29, 1.82) is 0 Å². The summed E-state index contributed by atoms with van der Waals surface area (Å²) in [4.78, 5) is 15.8. The Morgan fingerprint density at radius 3 is 2.57 bits per heavy atom. The van der Waals surface area contributed by atoms with E-state index in [1.54, 1.807) is 42.6 Å². The number of benzene rings is 1. The molecule has 0 atom stereocenters. The van der Waals surface area contributed by atoms with Crippen LogP contribution >= 0.6 is 11.3 Å². The lowest BCUT2D eigenvalue weighted by molar-refractivity contribution is -0.127. The lowest BCUT2D eigenvalue weighted by atomic mass is 10.1. The first-order valence-corrected chi connectivity index (χ1v) is 9.73. The van der Waals surface area contributed by atoms with E-state index < -0.39 is 0 Å². The van der Waals surface area contributed by atoms with Gasteiger partial charge in [0.15, 0.2) is 11.5 Å². The molecule has 3 aromatic rings. The highest BCUT2D eigenvalue weighted by molar-refractivity contribution is 7.09. The molecule has 146 valence electrons. The van der Waals surface area contributed by atoms with Crippen molar-refractivity contribution in [2.75, 3.05) is 14.2 Å². The van der Waals surface area contributed by atoms with E-state index in [1.165, 1.54) is 0 Å². The second-order valence-corrected chi connectivity index (χ2v) is 7.28. The highest BCUT2D eigenvalue weighted by Gasteiger charge is 2.15. The molecule has 0 saturated carbocycles. The summed E-state index contributed by atoms with van der Waals surface area (Å²) in [5.41, 5.74) is 0.963. The molecular weight excluding hydrogens is 374 g/mol. The third kappa shape index (κ3) is 5.04. The SMILES string of the molecule is COc1ccc(CN(Cc2cccs2)C(=O)C=Cc2ccc(C)o2)cc1OC. The van der Waals surface area contributed by atoms with E-state index in [4.69, 9.17) is 13.9 Å². The van der Waals surface area contributed by atoms with Gasteiger partial charge in [0.1, 0.15) is 11.5 Å². The average molecular weight is 397 g/mol. The number of furan rings is 1. The Balaban J connectivity index is 1.80. The fourth-order valence-electron chi connectivity index (χ4n) is 2.80. The van der Waals surface area contributed by atoms with Crippen molar-refractivity contribution in [3.63, 3.8) is 0 Å². The molecule has 0 saturated heterocycles. The Bertz CT molecular complexity index is 943. The molecule has 6 heteroatoms. The molecule has 0 aliphatic heterocycles. The fraction of sp³-hybridized carbons (Fsp3) is 0.227. The fourth-order valence-corrected chi connectivity index (χ4v) is 3.52. The molecule has 0 N–H and O–H groups in total. The standard InChI is InChI=1S/C22H23NO4S/c1-16-6-8-18(27-16)9-11-22(24)23(15-19-5-4-12-28-19)14-17-7-10-20(25-2)21(13-17)26-3/h4-13H,14-15H2,1-3H3. The number of hydrogen-bond acceptors (Lipinski definition) is 5. The highest BCUT2D eigenvalue weighted by atomic mass is 32.1. The molecule has 2 aromatic heterocycles. The van der Waals surface area contributed by atoms with Crippen LogP contribution in [0, 0.1) is 6.92 Å². The number of ether oxygens (including phenoxy) is 2. The van der Waals surface area contributed by atoms with E-state index in [0.29, 0.717) is 30.3 Å². The molecule has 0 radical (unpaired) electrons. The quantitative estimate of drug-likeness (QED) is 0.507. The van der Waals surface area contributed by atoms with Crippen LogP contribution in [-0.4, -0.2) is 25.0 Å². The van der Waals surface area contributed by atoms with Crippen molar-refractivity contribution >= 4 is 23.3 Å². The topological polar surface area (TPSA) is 51.9 Å². The summed E-state index contributed by atoms with van der Waals surface area (Å²) in [6, 6.07) is 13.4. The lowest BCUT2D eigenvalue weighted by Crippen LogP contribution is -2.28. The molecule has 0 aliphatic carbocycles. The average Bonchev–Trinajstić information content (AvgIpc) is 3.37. The summed E-state index contributed by atoms with van der Waals surface area (Å²) in [5, 5.41) is 2.01. The van der Waals surface area contributed by atoms with Gasteiger partial charge < -0.3 is 18.8 Å². The van der Waals surface area contributed by atoms with E-state index in [9.17, 15) is 4.79 Å². The Kier molecular flexibility index (Phi) is 6.55. The molecule has 5 nitrogen and oxygen atoms in total. The summed E-state index contributed by atoms with van der Waals surface area (Å²) in [5.74, 6) is 2.69. The summed E-state index contributed by atoms with van der Waals surface area (Å²) in [7, 11) is 3.20. The van der Waals surface area contributed by atoms with Crippen LogP contribution in [0.4, 0.5) is 0 Å². The molecule has 0 unspecified atom stereocenters. The molecule has 28 heavy (non-hydrogen) atoms. The molecule has 1 amide bonds. The van der Waals surface area contributed by atoms with Crippen molar-refractivity contribution in [3.8, 4) is 11.5 Å². The summed E-state index contributed by atoms with van der Waals surface area (Å²) < 4.78 is 16.2. The van der Waals surface area contributed by atoms with Crippen LogP contribution in [0.15, 0.2) is 58.3 Å². The number of hydrogen-bond donors (Lipinski definition) is 0. The van der Waals surface area contributed by atoms with Gasteiger partial charge in [-0.05, 0) is 54.3 Å². The second kappa shape index (κ2) is 9.28. The molecule has 3 rings (SSSR count). The molecule has 0 spiro atoms. The van der Waals surface area contributed by atoms with Crippen LogP contribution in [0.5, 0.6) is 11.5 Å². The number of rotatable bonds is 8. The normalized spacial score (nSPS) is 11.0. The first-order valence-electron chi connectivity index (χ1n) is 8.85. The van der Waals surface area contributed by atoms with Gasteiger partial charge in [-0.1, -0.05) is 12.1 Å². The number of carbonyl (C=O) groups excluding carboxylic acids is 1. The van der Waals surface area contributed by atoms with Gasteiger partial charge in [0.2, 0.25) is 5.91 Å². The van der Waals surface area contributed by atoms with E-state index >= 15 is 0 Å². The third-order valence-electron chi connectivity index (χ3n) is 4.21. The zero-order chi connectivity index (χ0) is 19.9. The van der Waals surface area contributed by atoms with E-state index in [0.717, 1.165) is 16.2 Å². The molecule has 0 aliphatic rings. The number of amides is 1. The van der Waals surface area contributed by atoms with Gasteiger partial charge in [-0.15, -0.1) is 11.3 Å². The minimum atomic E-state index is -0.0859. The highest BCUT2D eigenvalue weighted by Crippen LogP contribution is 2.28. The third-order valence-corrected chi connectivity index (χ3v) is 5.07. The van der Waals surface area contributed by atoms with Crippen LogP contribution in [0.1, 0.15) is 22.0 Å². The Morgan fingerprint density at radius 2 is 1.93 bits per heavy atom.